The molecule has 3 rings (SSSR count). The van der Waals surface area contributed by atoms with Crippen molar-refractivity contribution in [3.05, 3.63) is 51.6 Å². The molecule has 1 aliphatic carbocycles. The van der Waals surface area contributed by atoms with Crippen molar-refractivity contribution in [2.45, 2.75) is 102 Å². The van der Waals surface area contributed by atoms with Crippen LogP contribution in [-0.4, -0.2) is 64.2 Å². The molecule has 1 fully saturated rings. The Bertz CT molecular complexity index is 1120. The van der Waals surface area contributed by atoms with Crippen LogP contribution in [0, 0.1) is 9.75 Å². The molecule has 3 amide bonds. The molecule has 0 aliphatic heterocycles. The number of nitrogens with one attached hydrogen (secondary N) is 3. The summed E-state index contributed by atoms with van der Waals surface area (Å²) in [7, 11) is 0. The van der Waals surface area contributed by atoms with Gasteiger partial charge in [-0.15, -0.1) is 0 Å². The van der Waals surface area contributed by atoms with Crippen LogP contribution in [0.5, 0.6) is 0 Å². The van der Waals surface area contributed by atoms with E-state index in [4.69, 9.17) is 5.73 Å². The van der Waals surface area contributed by atoms with Crippen molar-refractivity contribution in [2.75, 3.05) is 19.7 Å². The van der Waals surface area contributed by atoms with E-state index in [1.54, 1.807) is 0 Å². The normalized spacial score (nSPS) is 15.0. The molecule has 2 atom stereocenters. The van der Waals surface area contributed by atoms with Crippen LogP contribution in [-0.2, 0) is 33.8 Å². The highest BCUT2D eigenvalue weighted by molar-refractivity contribution is 14.1. The second kappa shape index (κ2) is 19.7. The van der Waals surface area contributed by atoms with Crippen LogP contribution in [0.1, 0.15) is 81.8 Å². The minimum absolute atomic E-state index is 0.0880. The van der Waals surface area contributed by atoms with Crippen molar-refractivity contribution in [1.29, 1.82) is 0 Å². The summed E-state index contributed by atoms with van der Waals surface area (Å²) in [4.78, 5) is 42.9. The lowest BCUT2D eigenvalue weighted by molar-refractivity contribution is -0.133. The van der Waals surface area contributed by atoms with Crippen LogP contribution in [0.3, 0.4) is 0 Å². The zero-order valence-electron chi connectivity index (χ0n) is 25.2. The first-order valence-corrected chi connectivity index (χ1v) is 16.9. The zero-order valence-corrected chi connectivity index (χ0v) is 27.4. The highest BCUT2D eigenvalue weighted by atomic mass is 127. The van der Waals surface area contributed by atoms with Crippen molar-refractivity contribution in [1.82, 2.24) is 25.5 Å². The molecule has 10 nitrogen and oxygen atoms in total. The summed E-state index contributed by atoms with van der Waals surface area (Å²) in [5, 5.41) is 18.2. The summed E-state index contributed by atoms with van der Waals surface area (Å²) in [5.41, 5.74) is 7.65. The quantitative estimate of drug-likeness (QED) is 0.112. The topological polar surface area (TPSA) is 151 Å². The first-order chi connectivity index (χ1) is 20.9. The number of carbonyl (C=O) groups is 3. The number of benzene rings is 1. The highest BCUT2D eigenvalue weighted by Gasteiger charge is 2.26. The molecule has 1 aromatic carbocycles. The number of aryl methyl sites for hydroxylation is 2. The van der Waals surface area contributed by atoms with Crippen LogP contribution in [0.25, 0.3) is 0 Å². The summed E-state index contributed by atoms with van der Waals surface area (Å²) in [5.74, 6) is -0.530. The van der Waals surface area contributed by atoms with Gasteiger partial charge in [0.1, 0.15) is 12.1 Å². The van der Waals surface area contributed by atoms with Gasteiger partial charge in [-0.05, 0) is 91.1 Å². The van der Waals surface area contributed by atoms with Crippen LogP contribution in [0.2, 0.25) is 0 Å². The fourth-order valence-electron chi connectivity index (χ4n) is 5.57. The largest absolute Gasteiger partial charge is 0.394 e. The first kappa shape index (κ1) is 35.0. The van der Waals surface area contributed by atoms with E-state index >= 15 is 0 Å². The number of nitrogens with two attached hydrogens (primary N) is 1. The van der Waals surface area contributed by atoms with Gasteiger partial charge >= 0.3 is 0 Å². The molecule has 0 unspecified atom stereocenters. The molecular formula is C32H49IN6O4. The number of rotatable bonds is 19. The minimum Gasteiger partial charge on any atom is -0.394 e. The molecule has 0 bridgehead atoms. The summed E-state index contributed by atoms with van der Waals surface area (Å²) < 4.78 is 3.13. The molecule has 1 aliphatic rings. The number of carbonyl (C=O) groups excluding carboxylic acids is 3. The number of imidazole rings is 1. The smallest absolute Gasteiger partial charge is 0.245 e. The van der Waals surface area contributed by atoms with Crippen molar-refractivity contribution in [3.63, 3.8) is 0 Å². The van der Waals surface area contributed by atoms with Gasteiger partial charge < -0.3 is 31.4 Å². The Labute approximate surface area is 269 Å². The lowest BCUT2D eigenvalue weighted by atomic mass is 9.87. The van der Waals surface area contributed by atoms with Crippen LogP contribution in [0.15, 0.2) is 36.7 Å². The van der Waals surface area contributed by atoms with Crippen LogP contribution < -0.4 is 21.7 Å². The number of hydrogen-bond acceptors (Lipinski definition) is 6. The van der Waals surface area contributed by atoms with Gasteiger partial charge in [0, 0.05) is 25.5 Å². The van der Waals surface area contributed by atoms with Gasteiger partial charge in [0.15, 0.2) is 3.83 Å². The van der Waals surface area contributed by atoms with Crippen molar-refractivity contribution >= 4 is 40.3 Å². The van der Waals surface area contributed by atoms with Crippen molar-refractivity contribution in [2.24, 2.45) is 11.7 Å². The summed E-state index contributed by atoms with van der Waals surface area (Å²) in [6.07, 6.45) is 16.0. The van der Waals surface area contributed by atoms with E-state index in [2.05, 4.69) is 48.1 Å². The Morgan fingerprint density at radius 3 is 2.40 bits per heavy atom. The van der Waals surface area contributed by atoms with Gasteiger partial charge in [-0.25, -0.2) is 4.98 Å². The predicted octanol–water partition coefficient (Wildman–Crippen LogP) is 3.23. The molecule has 0 saturated heterocycles. The molecule has 1 saturated carbocycles. The Kier molecular flexibility index (Phi) is 16.0. The molecule has 6 N–H and O–H groups in total. The van der Waals surface area contributed by atoms with Gasteiger partial charge in [0.05, 0.1) is 13.0 Å². The number of nitrogens with zero attached hydrogens (tertiary/aromatic N) is 2. The van der Waals surface area contributed by atoms with Crippen molar-refractivity contribution < 1.29 is 19.5 Å². The highest BCUT2D eigenvalue weighted by Crippen LogP contribution is 2.25. The number of amides is 3. The van der Waals surface area contributed by atoms with Gasteiger partial charge in [0.2, 0.25) is 17.7 Å². The van der Waals surface area contributed by atoms with E-state index in [1.165, 1.54) is 37.7 Å². The second-order valence-electron chi connectivity index (χ2n) is 11.6. The first-order valence-electron chi connectivity index (χ1n) is 15.8. The molecule has 1 aromatic heterocycles. The van der Waals surface area contributed by atoms with Crippen LogP contribution >= 0.6 is 22.6 Å². The fourth-order valence-corrected chi connectivity index (χ4v) is 6.13. The van der Waals surface area contributed by atoms with Gasteiger partial charge in [-0.3, -0.25) is 14.4 Å². The third-order valence-electron chi connectivity index (χ3n) is 8.16. The van der Waals surface area contributed by atoms with E-state index in [-0.39, 0.29) is 18.2 Å². The number of hydrogen-bond donors (Lipinski definition) is 5. The molecule has 43 heavy (non-hydrogen) atoms. The second-order valence-corrected chi connectivity index (χ2v) is 12.5. The average Bonchev–Trinajstić information content (AvgIpc) is 3.43. The lowest BCUT2D eigenvalue weighted by Crippen LogP contribution is -2.55. The Hall–Kier alpha value is -2.51. The minimum atomic E-state index is -1.14. The SMILES string of the molecule is NCCCC[C@H](NC(=O)[C@H](CO)NC(=O)Cc1ccc(CCCCn2ccnc2I)cc1)C(=O)NCCC1CCCCC1. The van der Waals surface area contributed by atoms with Gasteiger partial charge in [-0.1, -0.05) is 56.4 Å². The van der Waals surface area contributed by atoms with Gasteiger partial charge in [-0.2, -0.15) is 0 Å². The molecular weight excluding hydrogens is 659 g/mol. The van der Waals surface area contributed by atoms with E-state index in [0.717, 1.165) is 48.0 Å². The number of aliphatic hydroxyl groups excluding tert-OH is 1. The fraction of sp³-hybridized carbons (Fsp3) is 0.625. The molecule has 11 heteroatoms. The average molecular weight is 709 g/mol. The molecule has 2 aromatic rings. The maximum Gasteiger partial charge on any atom is 0.245 e. The van der Waals surface area contributed by atoms with E-state index < -0.39 is 24.6 Å². The molecule has 238 valence electrons. The maximum absolute atomic E-state index is 13.0. The van der Waals surface area contributed by atoms with E-state index in [0.29, 0.717) is 31.8 Å². The third kappa shape index (κ3) is 12.9. The number of aliphatic hydroxyl groups is 1. The predicted molar refractivity (Wildman–Crippen MR) is 176 cm³/mol. The van der Waals surface area contributed by atoms with Gasteiger partial charge in [0.25, 0.3) is 0 Å². The molecule has 1 heterocycles. The number of halogens is 1. The molecule has 0 spiro atoms. The maximum atomic E-state index is 13.0. The Balaban J connectivity index is 1.43. The number of aromatic nitrogens is 2. The van der Waals surface area contributed by atoms with E-state index in [9.17, 15) is 19.5 Å². The summed E-state index contributed by atoms with van der Waals surface area (Å²) >= 11 is 2.23. The summed E-state index contributed by atoms with van der Waals surface area (Å²) in [6, 6.07) is 6.02. The molecule has 0 radical (unpaired) electrons. The standard InChI is InChI=1S/C32H49IN6O4/c33-32-36-19-21-39(32)20-7-5-10-25-12-14-26(15-13-25)22-29(41)37-28(23-40)31(43)38-27(11-4-6-17-34)30(42)35-18-16-24-8-2-1-3-9-24/h12-15,19,21,24,27-28,40H,1-11,16-18,20,22-23,34H2,(H,35,42)(H,37,41)(H,38,43)/t27-,28-/m0/s1. The lowest BCUT2D eigenvalue weighted by Gasteiger charge is -2.24. The van der Waals surface area contributed by atoms with Crippen molar-refractivity contribution in [3.8, 4) is 0 Å². The zero-order chi connectivity index (χ0) is 30.9. The Morgan fingerprint density at radius 2 is 1.72 bits per heavy atom. The van der Waals surface area contributed by atoms with E-state index in [1.807, 2.05) is 36.7 Å². The number of unbranched alkanes of at least 4 members (excludes halogenated alkanes) is 2. The Morgan fingerprint density at radius 1 is 0.977 bits per heavy atom. The third-order valence-corrected chi connectivity index (χ3v) is 9.06. The monoisotopic (exact) mass is 708 g/mol. The summed E-state index contributed by atoms with van der Waals surface area (Å²) in [6.45, 7) is 1.46. The van der Waals surface area contributed by atoms with Crippen LogP contribution in [0.4, 0.5) is 0 Å².